The van der Waals surface area contributed by atoms with Crippen LogP contribution < -0.4 is 0 Å². The van der Waals surface area contributed by atoms with E-state index in [1.165, 1.54) is 70.3 Å². The molecule has 1 radical (unpaired) electrons. The molecule has 21 heavy (non-hydrogen) atoms. The van der Waals surface area contributed by atoms with Gasteiger partial charge >= 0.3 is 0 Å². The van der Waals surface area contributed by atoms with Gasteiger partial charge in [-0.3, -0.25) is 0 Å². The fourth-order valence-corrected chi connectivity index (χ4v) is 3.33. The van der Waals surface area contributed by atoms with Gasteiger partial charge in [-0.25, -0.2) is 9.78 Å². The maximum absolute atomic E-state index is 5.74. The SMILES string of the molecule is CCCCC(CCCC)[C]1OOC1(CCCC)CCCC. The first-order chi connectivity index (χ1) is 10.2. The minimum Gasteiger partial charge on any atom is -0.226 e. The summed E-state index contributed by atoms with van der Waals surface area (Å²) >= 11 is 0. The average Bonchev–Trinajstić information content (AvgIpc) is 2.49. The number of hydrogen-bond donors (Lipinski definition) is 0. The van der Waals surface area contributed by atoms with E-state index in [2.05, 4.69) is 27.7 Å². The van der Waals surface area contributed by atoms with E-state index in [0.717, 1.165) is 12.8 Å². The summed E-state index contributed by atoms with van der Waals surface area (Å²) in [5.74, 6) is 0.618. The third-order valence-corrected chi connectivity index (χ3v) is 4.79. The zero-order valence-electron chi connectivity index (χ0n) is 14.9. The predicted molar refractivity (Wildman–Crippen MR) is 89.7 cm³/mol. The molecule has 2 nitrogen and oxygen atoms in total. The fraction of sp³-hybridized carbons (Fsp3) is 0.947. The molecule has 1 fully saturated rings. The molecule has 1 aliphatic rings. The molecular formula is C19H37O2. The van der Waals surface area contributed by atoms with Crippen molar-refractivity contribution in [1.82, 2.24) is 0 Å². The average molecular weight is 298 g/mol. The molecular weight excluding hydrogens is 260 g/mol. The smallest absolute Gasteiger partial charge is 0.173 e. The molecule has 125 valence electrons. The first-order valence-electron chi connectivity index (χ1n) is 9.47. The van der Waals surface area contributed by atoms with Crippen LogP contribution in [-0.4, -0.2) is 5.60 Å². The molecule has 1 aliphatic heterocycles. The standard InChI is InChI=1S/C19H37O2/c1-5-9-13-17(14-10-6-2)18-19(21-20-18,15-11-7-3)16-12-8-4/h17H,5-16H2,1-4H3. The Morgan fingerprint density at radius 3 is 1.57 bits per heavy atom. The van der Waals surface area contributed by atoms with Crippen molar-refractivity contribution in [3.8, 4) is 0 Å². The van der Waals surface area contributed by atoms with Crippen molar-refractivity contribution in [1.29, 1.82) is 0 Å². The Bertz CT molecular complexity index is 236. The lowest BCUT2D eigenvalue weighted by Crippen LogP contribution is -2.53. The largest absolute Gasteiger partial charge is 0.226 e. The Morgan fingerprint density at radius 1 is 0.762 bits per heavy atom. The summed E-state index contributed by atoms with van der Waals surface area (Å²) in [5.41, 5.74) is -0.0435. The molecule has 0 bridgehead atoms. The zero-order chi connectivity index (χ0) is 15.6. The Morgan fingerprint density at radius 2 is 1.24 bits per heavy atom. The summed E-state index contributed by atoms with van der Waals surface area (Å²) in [6.07, 6.45) is 16.2. The molecule has 0 saturated carbocycles. The van der Waals surface area contributed by atoms with Crippen LogP contribution in [0.4, 0.5) is 0 Å². The highest BCUT2D eigenvalue weighted by Gasteiger charge is 2.54. The van der Waals surface area contributed by atoms with Crippen molar-refractivity contribution in [2.75, 3.05) is 0 Å². The van der Waals surface area contributed by atoms with Crippen molar-refractivity contribution in [2.24, 2.45) is 5.92 Å². The highest BCUT2D eigenvalue weighted by Crippen LogP contribution is 2.50. The van der Waals surface area contributed by atoms with Crippen LogP contribution in [0.5, 0.6) is 0 Å². The highest BCUT2D eigenvalue weighted by atomic mass is 17.3. The second-order valence-corrected chi connectivity index (χ2v) is 6.71. The molecule has 0 amide bonds. The van der Waals surface area contributed by atoms with Gasteiger partial charge in [-0.1, -0.05) is 79.1 Å². The van der Waals surface area contributed by atoms with Gasteiger partial charge in [0.25, 0.3) is 0 Å². The maximum atomic E-state index is 5.74. The predicted octanol–water partition coefficient (Wildman–Crippen LogP) is 6.60. The molecule has 0 atom stereocenters. The van der Waals surface area contributed by atoms with Crippen LogP contribution >= 0.6 is 0 Å². The van der Waals surface area contributed by atoms with E-state index in [0.29, 0.717) is 5.92 Å². The van der Waals surface area contributed by atoms with Gasteiger partial charge in [0.1, 0.15) is 5.60 Å². The maximum Gasteiger partial charge on any atom is 0.173 e. The van der Waals surface area contributed by atoms with Crippen molar-refractivity contribution >= 4 is 0 Å². The molecule has 0 aromatic carbocycles. The Hall–Kier alpha value is -0.0800. The molecule has 1 heterocycles. The fourth-order valence-electron chi connectivity index (χ4n) is 3.33. The molecule has 1 rings (SSSR count). The van der Waals surface area contributed by atoms with E-state index in [-0.39, 0.29) is 5.60 Å². The van der Waals surface area contributed by atoms with Crippen LogP contribution in [0.1, 0.15) is 105 Å². The minimum absolute atomic E-state index is 0.0435. The van der Waals surface area contributed by atoms with Crippen LogP contribution in [0, 0.1) is 12.0 Å². The van der Waals surface area contributed by atoms with Gasteiger partial charge in [0.05, 0.1) is 0 Å². The first kappa shape index (κ1) is 19.0. The lowest BCUT2D eigenvalue weighted by molar-refractivity contribution is -0.472. The topological polar surface area (TPSA) is 18.5 Å². The van der Waals surface area contributed by atoms with Gasteiger partial charge in [0, 0.05) is 0 Å². The first-order valence-corrected chi connectivity index (χ1v) is 9.47. The van der Waals surface area contributed by atoms with Crippen LogP contribution in [0.25, 0.3) is 0 Å². The lowest BCUT2D eigenvalue weighted by atomic mass is 9.75. The van der Waals surface area contributed by atoms with Gasteiger partial charge in [-0.2, -0.15) is 0 Å². The van der Waals surface area contributed by atoms with E-state index in [1.54, 1.807) is 0 Å². The Balaban J connectivity index is 2.67. The van der Waals surface area contributed by atoms with Gasteiger partial charge < -0.3 is 0 Å². The summed E-state index contributed by atoms with van der Waals surface area (Å²) < 4.78 is 0. The normalized spacial score (nSPS) is 18.1. The quantitative estimate of drug-likeness (QED) is 0.357. The van der Waals surface area contributed by atoms with Crippen molar-refractivity contribution in [3.63, 3.8) is 0 Å². The van der Waals surface area contributed by atoms with Gasteiger partial charge in [-0.05, 0) is 31.6 Å². The van der Waals surface area contributed by atoms with Gasteiger partial charge in [0.2, 0.25) is 0 Å². The molecule has 2 heteroatoms. The van der Waals surface area contributed by atoms with E-state index in [4.69, 9.17) is 9.78 Å². The summed E-state index contributed by atoms with van der Waals surface area (Å²) in [6.45, 7) is 9.08. The monoisotopic (exact) mass is 297 g/mol. The van der Waals surface area contributed by atoms with Crippen LogP contribution in [0.15, 0.2) is 0 Å². The van der Waals surface area contributed by atoms with Crippen LogP contribution in [0.3, 0.4) is 0 Å². The molecule has 0 aliphatic carbocycles. The summed E-state index contributed by atoms with van der Waals surface area (Å²) in [7, 11) is 0. The number of unbranched alkanes of at least 4 members (excludes halogenated alkanes) is 4. The van der Waals surface area contributed by atoms with E-state index in [9.17, 15) is 0 Å². The molecule has 0 unspecified atom stereocenters. The van der Waals surface area contributed by atoms with Gasteiger partial charge in [-0.15, -0.1) is 0 Å². The van der Waals surface area contributed by atoms with Gasteiger partial charge in [0.15, 0.2) is 6.10 Å². The summed E-state index contributed by atoms with van der Waals surface area (Å²) in [4.78, 5) is 11.4. The van der Waals surface area contributed by atoms with Crippen LogP contribution in [-0.2, 0) is 9.78 Å². The van der Waals surface area contributed by atoms with E-state index in [1.807, 2.05) is 0 Å². The second-order valence-electron chi connectivity index (χ2n) is 6.71. The molecule has 1 saturated heterocycles. The third-order valence-electron chi connectivity index (χ3n) is 4.79. The Labute approximate surface area is 132 Å². The molecule has 0 spiro atoms. The summed E-state index contributed by atoms with van der Waals surface area (Å²) in [5, 5.41) is 0. The van der Waals surface area contributed by atoms with E-state index < -0.39 is 0 Å². The van der Waals surface area contributed by atoms with Crippen molar-refractivity contribution < 1.29 is 9.78 Å². The van der Waals surface area contributed by atoms with Crippen molar-refractivity contribution in [2.45, 2.75) is 110 Å². The minimum atomic E-state index is -0.0435. The number of rotatable bonds is 13. The highest BCUT2D eigenvalue weighted by molar-refractivity contribution is 5.10. The van der Waals surface area contributed by atoms with E-state index >= 15 is 0 Å². The molecule has 0 aromatic heterocycles. The third kappa shape index (κ3) is 5.56. The van der Waals surface area contributed by atoms with Crippen LogP contribution in [0.2, 0.25) is 0 Å². The zero-order valence-corrected chi connectivity index (χ0v) is 14.9. The molecule has 0 N–H and O–H groups in total. The number of hydrogen-bond acceptors (Lipinski definition) is 2. The Kier molecular flexibility index (Phi) is 9.59. The van der Waals surface area contributed by atoms with Crippen molar-refractivity contribution in [3.05, 3.63) is 6.10 Å². The molecule has 0 aromatic rings. The summed E-state index contributed by atoms with van der Waals surface area (Å²) in [6, 6.07) is 0. The lowest BCUT2D eigenvalue weighted by Gasteiger charge is -2.49. The second kappa shape index (κ2) is 10.6.